The molecule has 0 aliphatic heterocycles. The van der Waals surface area contributed by atoms with Gasteiger partial charge in [-0.15, -0.1) is 0 Å². The molecule has 1 aromatic rings. The Kier molecular flexibility index (Phi) is 4.57. The highest BCUT2D eigenvalue weighted by atomic mass is 79.9. The van der Waals surface area contributed by atoms with E-state index in [1.54, 1.807) is 6.92 Å². The smallest absolute Gasteiger partial charge is 0.236 e. The summed E-state index contributed by atoms with van der Waals surface area (Å²) >= 11 is 3.37. The highest BCUT2D eigenvalue weighted by molar-refractivity contribution is 9.10. The topological polar surface area (TPSA) is 72.2 Å². The molecule has 3 N–H and O–H groups in total. The molecule has 0 aliphatic rings. The van der Waals surface area contributed by atoms with Crippen LogP contribution in [0, 0.1) is 13.8 Å². The van der Waals surface area contributed by atoms with E-state index in [9.17, 15) is 8.42 Å². The van der Waals surface area contributed by atoms with Gasteiger partial charge in [0.2, 0.25) is 10.0 Å². The van der Waals surface area contributed by atoms with Crippen LogP contribution in [0.5, 0.6) is 0 Å². The van der Waals surface area contributed by atoms with Crippen LogP contribution in [-0.4, -0.2) is 20.2 Å². The van der Waals surface area contributed by atoms with Crippen molar-refractivity contribution in [3.8, 4) is 0 Å². The van der Waals surface area contributed by atoms with Crippen molar-refractivity contribution in [1.82, 2.24) is 0 Å². The molecule has 0 heterocycles. The summed E-state index contributed by atoms with van der Waals surface area (Å²) < 4.78 is 27.4. The minimum absolute atomic E-state index is 0.101. The van der Waals surface area contributed by atoms with Crippen molar-refractivity contribution in [2.75, 3.05) is 11.3 Å². The second-order valence-corrected chi connectivity index (χ2v) is 7.12. The van der Waals surface area contributed by atoms with Crippen LogP contribution in [-0.2, 0) is 10.0 Å². The molecule has 96 valence electrons. The quantitative estimate of drug-likeness (QED) is 0.892. The minimum Gasteiger partial charge on any atom is -0.329 e. The Balaban J connectivity index is 3.13. The molecule has 0 radical (unpaired) electrons. The van der Waals surface area contributed by atoms with E-state index in [0.717, 1.165) is 15.6 Å². The highest BCUT2D eigenvalue weighted by Gasteiger charge is 2.20. The first-order chi connectivity index (χ1) is 7.77. The molecule has 0 saturated carbocycles. The predicted molar refractivity (Wildman–Crippen MR) is 74.7 cm³/mol. The molecule has 1 aromatic carbocycles. The van der Waals surface area contributed by atoms with E-state index >= 15 is 0 Å². The number of nitrogens with one attached hydrogen (secondary N) is 1. The normalized spacial score (nSPS) is 13.5. The summed E-state index contributed by atoms with van der Waals surface area (Å²) in [5, 5.41) is -0.607. The van der Waals surface area contributed by atoms with Crippen molar-refractivity contribution in [2.45, 2.75) is 26.0 Å². The largest absolute Gasteiger partial charge is 0.329 e. The Hall–Kier alpha value is -0.590. The first kappa shape index (κ1) is 14.5. The van der Waals surface area contributed by atoms with E-state index in [1.807, 2.05) is 26.0 Å². The van der Waals surface area contributed by atoms with Crippen LogP contribution in [0.15, 0.2) is 16.6 Å². The van der Waals surface area contributed by atoms with Gasteiger partial charge in [-0.3, -0.25) is 4.72 Å². The van der Waals surface area contributed by atoms with Crippen molar-refractivity contribution in [3.05, 3.63) is 27.7 Å². The summed E-state index contributed by atoms with van der Waals surface area (Å²) in [6, 6.07) is 3.75. The van der Waals surface area contributed by atoms with Crippen molar-refractivity contribution in [3.63, 3.8) is 0 Å². The van der Waals surface area contributed by atoms with Gasteiger partial charge in [-0.25, -0.2) is 8.42 Å². The molecule has 4 nitrogen and oxygen atoms in total. The Labute approximate surface area is 111 Å². The van der Waals surface area contributed by atoms with E-state index < -0.39 is 15.3 Å². The molecule has 0 aromatic heterocycles. The third kappa shape index (κ3) is 3.43. The minimum atomic E-state index is -3.41. The second kappa shape index (κ2) is 5.37. The standard InChI is InChI=1S/C11H17BrN2O2S/c1-7-4-10(12)5-8(2)11(7)14-17(15,16)9(3)6-13/h4-5,9,14H,6,13H2,1-3H3. The molecule has 1 rings (SSSR count). The van der Waals surface area contributed by atoms with Gasteiger partial charge < -0.3 is 5.73 Å². The number of hydrogen-bond acceptors (Lipinski definition) is 3. The molecule has 6 heteroatoms. The van der Waals surface area contributed by atoms with Gasteiger partial charge in [0, 0.05) is 11.0 Å². The molecule has 0 bridgehead atoms. The number of aryl methyl sites for hydroxylation is 2. The van der Waals surface area contributed by atoms with Gasteiger partial charge in [-0.2, -0.15) is 0 Å². The third-order valence-corrected chi connectivity index (χ3v) is 4.80. The average molecular weight is 321 g/mol. The maximum atomic E-state index is 11.9. The summed E-state index contributed by atoms with van der Waals surface area (Å²) in [7, 11) is -3.41. The maximum absolute atomic E-state index is 11.9. The number of benzene rings is 1. The molecule has 17 heavy (non-hydrogen) atoms. The SMILES string of the molecule is Cc1cc(Br)cc(C)c1NS(=O)(=O)C(C)CN. The van der Waals surface area contributed by atoms with Gasteiger partial charge in [0.25, 0.3) is 0 Å². The highest BCUT2D eigenvalue weighted by Crippen LogP contribution is 2.26. The molecule has 0 amide bonds. The van der Waals surface area contributed by atoms with E-state index in [-0.39, 0.29) is 6.54 Å². The Morgan fingerprint density at radius 2 is 1.82 bits per heavy atom. The first-order valence-corrected chi connectivity index (χ1v) is 7.60. The maximum Gasteiger partial charge on any atom is 0.236 e. The number of rotatable bonds is 4. The molecule has 0 spiro atoms. The lowest BCUT2D eigenvalue weighted by Gasteiger charge is -2.16. The van der Waals surface area contributed by atoms with Gasteiger partial charge in [-0.1, -0.05) is 15.9 Å². The zero-order valence-corrected chi connectivity index (χ0v) is 12.5. The number of anilines is 1. The van der Waals surface area contributed by atoms with Gasteiger partial charge >= 0.3 is 0 Å². The number of sulfonamides is 1. The zero-order chi connectivity index (χ0) is 13.2. The average Bonchev–Trinajstić information content (AvgIpc) is 2.22. The molecule has 0 fully saturated rings. The molecule has 1 atom stereocenters. The lowest BCUT2D eigenvalue weighted by atomic mass is 10.1. The van der Waals surface area contributed by atoms with Crippen molar-refractivity contribution >= 4 is 31.6 Å². The van der Waals surface area contributed by atoms with Crippen LogP contribution < -0.4 is 10.5 Å². The van der Waals surface area contributed by atoms with Gasteiger partial charge in [-0.05, 0) is 44.0 Å². The Morgan fingerprint density at radius 1 is 1.35 bits per heavy atom. The second-order valence-electron chi connectivity index (χ2n) is 4.11. The first-order valence-electron chi connectivity index (χ1n) is 5.26. The fourth-order valence-corrected chi connectivity index (χ4v) is 3.19. The lowest BCUT2D eigenvalue weighted by Crippen LogP contribution is -2.32. The van der Waals surface area contributed by atoms with Gasteiger partial charge in [0.05, 0.1) is 10.9 Å². The summed E-state index contributed by atoms with van der Waals surface area (Å²) in [4.78, 5) is 0. The monoisotopic (exact) mass is 320 g/mol. The Bertz CT molecular complexity index is 491. The fourth-order valence-electron chi connectivity index (χ4n) is 1.44. The van der Waals surface area contributed by atoms with Crippen LogP contribution in [0.25, 0.3) is 0 Å². The van der Waals surface area contributed by atoms with Gasteiger partial charge in [0.1, 0.15) is 0 Å². The summed E-state index contributed by atoms with van der Waals surface area (Å²) in [6.07, 6.45) is 0. The summed E-state index contributed by atoms with van der Waals surface area (Å²) in [5.41, 5.74) is 7.78. The zero-order valence-electron chi connectivity index (χ0n) is 10.1. The van der Waals surface area contributed by atoms with Crippen LogP contribution >= 0.6 is 15.9 Å². The molecular formula is C11H17BrN2O2S. The molecule has 0 aliphatic carbocycles. The van der Waals surface area contributed by atoms with E-state index in [1.165, 1.54) is 0 Å². The van der Waals surface area contributed by atoms with Gasteiger partial charge in [0.15, 0.2) is 0 Å². The van der Waals surface area contributed by atoms with Crippen LogP contribution in [0.1, 0.15) is 18.1 Å². The summed E-state index contributed by atoms with van der Waals surface area (Å²) in [6.45, 7) is 5.42. The summed E-state index contributed by atoms with van der Waals surface area (Å²) in [5.74, 6) is 0. The van der Waals surface area contributed by atoms with Crippen LogP contribution in [0.3, 0.4) is 0 Å². The predicted octanol–water partition coefficient (Wildman–Crippen LogP) is 2.15. The number of halogens is 1. The lowest BCUT2D eigenvalue weighted by molar-refractivity contribution is 0.589. The van der Waals surface area contributed by atoms with Crippen molar-refractivity contribution in [1.29, 1.82) is 0 Å². The molecular weight excluding hydrogens is 304 g/mol. The van der Waals surface area contributed by atoms with E-state index in [4.69, 9.17) is 5.73 Å². The van der Waals surface area contributed by atoms with E-state index in [2.05, 4.69) is 20.7 Å². The fraction of sp³-hybridized carbons (Fsp3) is 0.455. The number of nitrogens with two attached hydrogens (primary N) is 1. The van der Waals surface area contributed by atoms with Crippen molar-refractivity contribution in [2.24, 2.45) is 5.73 Å². The van der Waals surface area contributed by atoms with Crippen LogP contribution in [0.4, 0.5) is 5.69 Å². The third-order valence-electron chi connectivity index (χ3n) is 2.60. The number of hydrogen-bond donors (Lipinski definition) is 2. The molecule has 0 saturated heterocycles. The van der Waals surface area contributed by atoms with Crippen LogP contribution in [0.2, 0.25) is 0 Å². The molecule has 1 unspecified atom stereocenters. The Morgan fingerprint density at radius 3 is 2.24 bits per heavy atom. The van der Waals surface area contributed by atoms with Crippen molar-refractivity contribution < 1.29 is 8.42 Å². The van der Waals surface area contributed by atoms with E-state index in [0.29, 0.717) is 5.69 Å².